The van der Waals surface area contributed by atoms with Crippen LogP contribution >= 0.6 is 23.5 Å². The second-order valence-electron chi connectivity index (χ2n) is 16.2. The van der Waals surface area contributed by atoms with Crippen molar-refractivity contribution in [1.29, 1.82) is 0 Å². The van der Waals surface area contributed by atoms with Crippen LogP contribution in [0.2, 0.25) is 0 Å². The minimum absolute atomic E-state index is 0.0420. The van der Waals surface area contributed by atoms with Crippen LogP contribution in [0.1, 0.15) is 91.8 Å². The van der Waals surface area contributed by atoms with E-state index < -0.39 is 0 Å². The van der Waals surface area contributed by atoms with Crippen LogP contribution in [0.3, 0.4) is 0 Å². The van der Waals surface area contributed by atoms with Crippen molar-refractivity contribution < 1.29 is 0 Å². The Morgan fingerprint density at radius 1 is 0.750 bits per heavy atom. The van der Waals surface area contributed by atoms with Gasteiger partial charge in [-0.3, -0.25) is 0 Å². The lowest BCUT2D eigenvalue weighted by atomic mass is 9.51. The highest BCUT2D eigenvalue weighted by atomic mass is 32.2. The monoisotopic (exact) mass is 713 g/mol. The molecule has 1 fully saturated rings. The Morgan fingerprint density at radius 3 is 2.56 bits per heavy atom. The van der Waals surface area contributed by atoms with Gasteiger partial charge in [-0.15, -0.1) is 11.8 Å². The SMILES string of the molecule is C1=CCCC(C2=CC=CC3C2SC2C=CCCC2C32C3=C(CC(C4CC=Cc5c6c(n(-c7ccccc7)c54)CCC=C6)CC3)Sc3ccccc32)=C1. The molecule has 8 aliphatic rings. The molecule has 0 saturated carbocycles. The van der Waals surface area contributed by atoms with Gasteiger partial charge < -0.3 is 4.57 Å². The molecule has 3 heterocycles. The average Bonchev–Trinajstić information content (AvgIpc) is 3.56. The highest BCUT2D eigenvalue weighted by Gasteiger charge is 2.61. The Balaban J connectivity index is 1.05. The number of benzene rings is 2. The van der Waals surface area contributed by atoms with E-state index in [-0.39, 0.29) is 5.41 Å². The zero-order valence-electron chi connectivity index (χ0n) is 29.9. The fraction of sp³-hybridized carbons (Fsp3) is 0.347. The molecule has 1 aromatic heterocycles. The third-order valence-corrected chi connectivity index (χ3v) is 16.7. The molecule has 2 aromatic carbocycles. The van der Waals surface area contributed by atoms with E-state index in [1.807, 2.05) is 5.57 Å². The van der Waals surface area contributed by atoms with Gasteiger partial charge in [-0.2, -0.15) is 0 Å². The van der Waals surface area contributed by atoms with Crippen LogP contribution in [-0.2, 0) is 11.8 Å². The summed E-state index contributed by atoms with van der Waals surface area (Å²) >= 11 is 4.45. The van der Waals surface area contributed by atoms with Gasteiger partial charge in [-0.1, -0.05) is 121 Å². The molecule has 1 saturated heterocycles. The quantitative estimate of drug-likeness (QED) is 0.249. The predicted molar refractivity (Wildman–Crippen MR) is 222 cm³/mol. The maximum Gasteiger partial charge on any atom is 0.0455 e. The number of hydrogen-bond acceptors (Lipinski definition) is 2. The molecule has 0 bridgehead atoms. The van der Waals surface area contributed by atoms with Gasteiger partial charge in [0.1, 0.15) is 0 Å². The van der Waals surface area contributed by atoms with Crippen molar-refractivity contribution in [2.45, 2.75) is 90.9 Å². The molecule has 3 aromatic rings. The standard InChI is InChI=1S/C49H47NS2/c1-3-15-32(16-4-1)36-21-14-25-42-48(36)52-45-28-12-9-24-40(45)49(42)39-23-8-11-27-44(39)51-46-31-33(29-30-41(46)49)35-20-13-22-38-37-19-7-10-26-43(37)50(47(35)38)34-17-5-2-6-18-34/h1-3,5-8,11-15,17-19,21-23,25,27-28,33,35,40,42,45,48H,4,9-10,16,20,24,26,29-31H2. The summed E-state index contributed by atoms with van der Waals surface area (Å²) in [7, 11) is 0. The molecular formula is C49H47NS2. The molecule has 1 spiro atoms. The summed E-state index contributed by atoms with van der Waals surface area (Å²) in [6.45, 7) is 0. The van der Waals surface area contributed by atoms with E-state index in [0.717, 1.165) is 25.7 Å². The normalized spacial score (nSPS) is 32.3. The van der Waals surface area contributed by atoms with Crippen molar-refractivity contribution in [2.75, 3.05) is 0 Å². The summed E-state index contributed by atoms with van der Waals surface area (Å²) in [5.74, 6) is 2.25. The number of para-hydroxylation sites is 1. The van der Waals surface area contributed by atoms with Crippen molar-refractivity contribution >= 4 is 35.7 Å². The molecule has 260 valence electrons. The number of aromatic nitrogens is 1. The van der Waals surface area contributed by atoms with Crippen molar-refractivity contribution in [3.63, 3.8) is 0 Å². The zero-order chi connectivity index (χ0) is 34.2. The molecular weight excluding hydrogens is 667 g/mol. The van der Waals surface area contributed by atoms with E-state index in [4.69, 9.17) is 0 Å². The van der Waals surface area contributed by atoms with Crippen LogP contribution in [0.5, 0.6) is 0 Å². The van der Waals surface area contributed by atoms with E-state index in [0.29, 0.717) is 34.2 Å². The number of thioether (sulfide) groups is 2. The molecule has 1 nitrogen and oxygen atoms in total. The molecule has 0 radical (unpaired) electrons. The molecule has 6 aliphatic carbocycles. The maximum atomic E-state index is 2.70. The molecule has 7 atom stereocenters. The van der Waals surface area contributed by atoms with Crippen LogP contribution in [0, 0.1) is 17.8 Å². The first-order valence-electron chi connectivity index (χ1n) is 20.0. The van der Waals surface area contributed by atoms with Gasteiger partial charge in [0.2, 0.25) is 0 Å². The van der Waals surface area contributed by atoms with Crippen LogP contribution in [-0.4, -0.2) is 15.1 Å². The molecule has 7 unspecified atom stereocenters. The van der Waals surface area contributed by atoms with Crippen molar-refractivity contribution in [1.82, 2.24) is 4.57 Å². The van der Waals surface area contributed by atoms with Gasteiger partial charge in [0, 0.05) is 60.8 Å². The second-order valence-corrected chi connectivity index (χ2v) is 18.7. The first-order chi connectivity index (χ1) is 25.8. The molecule has 2 aliphatic heterocycles. The number of fused-ring (bicyclic) bond motifs is 10. The highest BCUT2D eigenvalue weighted by molar-refractivity contribution is 8.03. The third-order valence-electron chi connectivity index (χ3n) is 13.8. The van der Waals surface area contributed by atoms with Gasteiger partial charge in [-0.25, -0.2) is 0 Å². The van der Waals surface area contributed by atoms with Crippen molar-refractivity contribution in [2.24, 2.45) is 17.8 Å². The van der Waals surface area contributed by atoms with E-state index >= 15 is 0 Å². The Kier molecular flexibility index (Phi) is 7.80. The molecule has 3 heteroatoms. The number of allylic oxidation sites excluding steroid dienone is 12. The van der Waals surface area contributed by atoms with E-state index in [2.05, 4.69) is 156 Å². The Morgan fingerprint density at radius 2 is 1.63 bits per heavy atom. The number of hydrogen-bond donors (Lipinski definition) is 0. The van der Waals surface area contributed by atoms with Gasteiger partial charge in [-0.05, 0) is 121 Å². The molecule has 0 N–H and O–H groups in total. The topological polar surface area (TPSA) is 4.93 Å². The van der Waals surface area contributed by atoms with Crippen molar-refractivity contribution in [3.05, 3.63) is 165 Å². The van der Waals surface area contributed by atoms with Crippen LogP contribution < -0.4 is 0 Å². The summed E-state index contributed by atoms with van der Waals surface area (Å²) in [6, 6.07) is 21.0. The number of nitrogens with zero attached hydrogens (tertiary/aromatic N) is 1. The summed E-state index contributed by atoms with van der Waals surface area (Å²) in [5, 5.41) is 1.03. The van der Waals surface area contributed by atoms with Gasteiger partial charge >= 0.3 is 0 Å². The predicted octanol–water partition coefficient (Wildman–Crippen LogP) is 12.9. The smallest absolute Gasteiger partial charge is 0.0455 e. The summed E-state index contributed by atoms with van der Waals surface area (Å²) in [4.78, 5) is 3.25. The zero-order valence-corrected chi connectivity index (χ0v) is 31.6. The lowest BCUT2D eigenvalue weighted by molar-refractivity contribution is 0.198. The van der Waals surface area contributed by atoms with Crippen LogP contribution in [0.4, 0.5) is 0 Å². The Hall–Kier alpha value is -3.66. The Bertz CT molecular complexity index is 2200. The lowest BCUT2D eigenvalue weighted by Crippen LogP contribution is -2.57. The summed E-state index contributed by atoms with van der Waals surface area (Å²) in [5.41, 5.74) is 14.1. The Labute approximate surface area is 318 Å². The van der Waals surface area contributed by atoms with Gasteiger partial charge in [0.05, 0.1) is 0 Å². The summed E-state index contributed by atoms with van der Waals surface area (Å²) < 4.78 is 2.70. The number of rotatable bonds is 3. The van der Waals surface area contributed by atoms with Gasteiger partial charge in [0.25, 0.3) is 0 Å². The average molecular weight is 714 g/mol. The fourth-order valence-corrected chi connectivity index (χ4v) is 15.2. The van der Waals surface area contributed by atoms with Gasteiger partial charge in [0.15, 0.2) is 0 Å². The van der Waals surface area contributed by atoms with E-state index in [1.54, 1.807) is 27.3 Å². The van der Waals surface area contributed by atoms with Crippen LogP contribution in [0.15, 0.2) is 142 Å². The highest BCUT2D eigenvalue weighted by Crippen LogP contribution is 2.68. The van der Waals surface area contributed by atoms with E-state index in [9.17, 15) is 0 Å². The minimum Gasteiger partial charge on any atom is -0.316 e. The van der Waals surface area contributed by atoms with Crippen LogP contribution in [0.25, 0.3) is 17.8 Å². The fourth-order valence-electron chi connectivity index (χ4n) is 11.8. The second kappa shape index (κ2) is 12.7. The molecule has 11 rings (SSSR count). The molecule has 0 amide bonds. The van der Waals surface area contributed by atoms with Crippen molar-refractivity contribution in [3.8, 4) is 5.69 Å². The minimum atomic E-state index is 0.0420. The third kappa shape index (κ3) is 4.70. The van der Waals surface area contributed by atoms with E-state index in [1.165, 1.54) is 65.9 Å². The first kappa shape index (κ1) is 31.8. The lowest BCUT2D eigenvalue weighted by Gasteiger charge is -2.61. The summed E-state index contributed by atoms with van der Waals surface area (Å²) in [6.07, 6.45) is 41.5. The first-order valence-corrected chi connectivity index (χ1v) is 21.8. The molecule has 52 heavy (non-hydrogen) atoms. The largest absolute Gasteiger partial charge is 0.316 e. The maximum absolute atomic E-state index is 2.70.